The molecule has 1 aliphatic heterocycles. The molecule has 4 nitrogen and oxygen atoms in total. The molecule has 0 aromatic carbocycles. The Morgan fingerprint density at radius 3 is 2.67 bits per heavy atom. The van der Waals surface area contributed by atoms with Crippen molar-refractivity contribution >= 4 is 17.4 Å². The first-order chi connectivity index (χ1) is 8.60. The van der Waals surface area contributed by atoms with Crippen molar-refractivity contribution in [2.45, 2.75) is 32.2 Å². The van der Waals surface area contributed by atoms with Crippen molar-refractivity contribution in [2.75, 3.05) is 32.1 Å². The van der Waals surface area contributed by atoms with Crippen molar-refractivity contribution in [3.63, 3.8) is 0 Å². The first-order valence-corrected chi connectivity index (χ1v) is 6.92. The molecule has 0 amide bonds. The molecule has 18 heavy (non-hydrogen) atoms. The minimum Gasteiger partial charge on any atom is -0.356 e. The third-order valence-electron chi connectivity index (χ3n) is 3.64. The molecule has 2 rings (SSSR count). The van der Waals surface area contributed by atoms with Gasteiger partial charge in [0, 0.05) is 25.6 Å². The average molecular weight is 269 g/mol. The Labute approximate surface area is 114 Å². The van der Waals surface area contributed by atoms with Crippen molar-refractivity contribution in [1.29, 1.82) is 0 Å². The van der Waals surface area contributed by atoms with Gasteiger partial charge in [0.2, 0.25) is 0 Å². The molecule has 1 aromatic rings. The lowest BCUT2D eigenvalue weighted by Gasteiger charge is -2.35. The number of anilines is 1. The molecule has 0 bridgehead atoms. The van der Waals surface area contributed by atoms with Crippen LogP contribution in [0.5, 0.6) is 0 Å². The molecule has 0 spiro atoms. The quantitative estimate of drug-likeness (QED) is 0.787. The second-order valence-corrected chi connectivity index (χ2v) is 5.35. The van der Waals surface area contributed by atoms with Gasteiger partial charge < -0.3 is 9.80 Å². The maximum absolute atomic E-state index is 6.05. The largest absolute Gasteiger partial charge is 0.356 e. The van der Waals surface area contributed by atoms with E-state index in [4.69, 9.17) is 11.6 Å². The molecule has 0 atom stereocenters. The van der Waals surface area contributed by atoms with Crippen LogP contribution in [0.2, 0.25) is 5.15 Å². The Balaban J connectivity index is 2.12. The molecule has 5 heteroatoms. The number of aryl methyl sites for hydroxylation is 1. The van der Waals surface area contributed by atoms with E-state index in [1.807, 2.05) is 13.0 Å². The van der Waals surface area contributed by atoms with E-state index in [0.717, 1.165) is 31.2 Å². The number of halogens is 1. The van der Waals surface area contributed by atoms with Crippen LogP contribution in [0, 0.1) is 0 Å². The average Bonchev–Trinajstić information content (AvgIpc) is 2.38. The summed E-state index contributed by atoms with van der Waals surface area (Å²) in [6, 6.07) is 2.41. The van der Waals surface area contributed by atoms with E-state index in [9.17, 15) is 0 Å². The summed E-state index contributed by atoms with van der Waals surface area (Å²) in [6.45, 7) is 4.34. The molecule has 0 saturated carbocycles. The van der Waals surface area contributed by atoms with Crippen LogP contribution in [0.1, 0.15) is 25.6 Å². The van der Waals surface area contributed by atoms with Gasteiger partial charge in [-0.05, 0) is 33.0 Å². The van der Waals surface area contributed by atoms with Crippen LogP contribution in [-0.2, 0) is 6.42 Å². The number of likely N-dealkylation sites (tertiary alicyclic amines) is 1. The summed E-state index contributed by atoms with van der Waals surface area (Å²) in [4.78, 5) is 13.4. The summed E-state index contributed by atoms with van der Waals surface area (Å²) < 4.78 is 0. The van der Waals surface area contributed by atoms with Gasteiger partial charge in [0.05, 0.1) is 0 Å². The van der Waals surface area contributed by atoms with E-state index < -0.39 is 0 Å². The number of nitrogens with zero attached hydrogens (tertiary/aromatic N) is 4. The lowest BCUT2D eigenvalue weighted by Crippen LogP contribution is -2.42. The highest BCUT2D eigenvalue weighted by molar-refractivity contribution is 6.29. The van der Waals surface area contributed by atoms with Gasteiger partial charge in [0.25, 0.3) is 0 Å². The summed E-state index contributed by atoms with van der Waals surface area (Å²) >= 11 is 6.05. The monoisotopic (exact) mass is 268 g/mol. The molecule has 0 N–H and O–H groups in total. The van der Waals surface area contributed by atoms with E-state index in [-0.39, 0.29) is 0 Å². The first-order valence-electron chi connectivity index (χ1n) is 6.55. The lowest BCUT2D eigenvalue weighted by molar-refractivity contribution is 0.252. The Kier molecular flexibility index (Phi) is 4.40. The number of aromatic nitrogens is 2. The zero-order valence-electron chi connectivity index (χ0n) is 11.4. The van der Waals surface area contributed by atoms with Crippen LogP contribution in [-0.4, -0.2) is 48.1 Å². The molecule has 2 heterocycles. The smallest absolute Gasteiger partial charge is 0.134 e. The van der Waals surface area contributed by atoms with Gasteiger partial charge in [-0.2, -0.15) is 0 Å². The molecule has 0 unspecified atom stereocenters. The van der Waals surface area contributed by atoms with Crippen molar-refractivity contribution in [1.82, 2.24) is 14.9 Å². The lowest BCUT2D eigenvalue weighted by atomic mass is 10.0. The topological polar surface area (TPSA) is 32.3 Å². The third kappa shape index (κ3) is 3.12. The summed E-state index contributed by atoms with van der Waals surface area (Å²) in [5.41, 5.74) is 0. The normalized spacial score (nSPS) is 18.0. The molecule has 0 aliphatic carbocycles. The van der Waals surface area contributed by atoms with Gasteiger partial charge in [0.15, 0.2) is 0 Å². The zero-order chi connectivity index (χ0) is 13.1. The Hall–Kier alpha value is -0.870. The second-order valence-electron chi connectivity index (χ2n) is 4.96. The molecule has 0 radical (unpaired) electrons. The fourth-order valence-electron chi connectivity index (χ4n) is 2.36. The van der Waals surface area contributed by atoms with E-state index in [1.165, 1.54) is 12.8 Å². The minimum atomic E-state index is 0.539. The third-order valence-corrected chi connectivity index (χ3v) is 3.83. The highest BCUT2D eigenvalue weighted by atomic mass is 35.5. The van der Waals surface area contributed by atoms with Crippen LogP contribution >= 0.6 is 11.6 Å². The molecule has 1 aliphatic rings. The van der Waals surface area contributed by atoms with Crippen LogP contribution < -0.4 is 4.90 Å². The summed E-state index contributed by atoms with van der Waals surface area (Å²) in [7, 11) is 4.28. The second kappa shape index (κ2) is 5.85. The maximum atomic E-state index is 6.05. The van der Waals surface area contributed by atoms with Gasteiger partial charge in [0.1, 0.15) is 16.8 Å². The van der Waals surface area contributed by atoms with Gasteiger partial charge in [-0.15, -0.1) is 0 Å². The fraction of sp³-hybridized carbons (Fsp3) is 0.692. The molecule has 1 aromatic heterocycles. The van der Waals surface area contributed by atoms with Crippen molar-refractivity contribution in [3.05, 3.63) is 17.0 Å². The molecule has 1 saturated heterocycles. The van der Waals surface area contributed by atoms with Crippen molar-refractivity contribution < 1.29 is 0 Å². The van der Waals surface area contributed by atoms with Crippen LogP contribution in [0.3, 0.4) is 0 Å². The van der Waals surface area contributed by atoms with Gasteiger partial charge >= 0.3 is 0 Å². The van der Waals surface area contributed by atoms with Crippen molar-refractivity contribution in [2.24, 2.45) is 0 Å². The SMILES string of the molecule is CCc1nc(Cl)cc(N(C)C2CCN(C)CC2)n1. The van der Waals surface area contributed by atoms with Crippen LogP contribution in [0.15, 0.2) is 6.07 Å². The van der Waals surface area contributed by atoms with E-state index in [2.05, 4.69) is 33.9 Å². The van der Waals surface area contributed by atoms with Crippen LogP contribution in [0.4, 0.5) is 5.82 Å². The predicted molar refractivity (Wildman–Crippen MR) is 75.3 cm³/mol. The molecular formula is C13H21ClN4. The Morgan fingerprint density at radius 1 is 1.39 bits per heavy atom. The Morgan fingerprint density at radius 2 is 2.06 bits per heavy atom. The predicted octanol–water partition coefficient (Wildman–Crippen LogP) is 2.22. The summed E-state index contributed by atoms with van der Waals surface area (Å²) in [5.74, 6) is 1.76. The Bertz CT molecular complexity index is 402. The highest BCUT2D eigenvalue weighted by Gasteiger charge is 2.22. The van der Waals surface area contributed by atoms with Gasteiger partial charge in [-0.3, -0.25) is 0 Å². The number of rotatable bonds is 3. The summed E-state index contributed by atoms with van der Waals surface area (Å²) in [6.07, 6.45) is 3.17. The molecule has 100 valence electrons. The minimum absolute atomic E-state index is 0.539. The summed E-state index contributed by atoms with van der Waals surface area (Å²) in [5, 5.41) is 0.539. The zero-order valence-corrected chi connectivity index (χ0v) is 12.1. The van der Waals surface area contributed by atoms with E-state index >= 15 is 0 Å². The standard InChI is InChI=1S/C13H21ClN4/c1-4-12-15-11(14)9-13(16-12)18(3)10-5-7-17(2)8-6-10/h9-10H,4-8H2,1-3H3. The van der Waals surface area contributed by atoms with E-state index in [0.29, 0.717) is 11.2 Å². The number of hydrogen-bond donors (Lipinski definition) is 0. The van der Waals surface area contributed by atoms with E-state index in [1.54, 1.807) is 0 Å². The highest BCUT2D eigenvalue weighted by Crippen LogP contribution is 2.22. The van der Waals surface area contributed by atoms with Crippen molar-refractivity contribution in [3.8, 4) is 0 Å². The molecule has 1 fully saturated rings. The maximum Gasteiger partial charge on any atom is 0.134 e. The van der Waals surface area contributed by atoms with Gasteiger partial charge in [-0.1, -0.05) is 18.5 Å². The fourth-order valence-corrected chi connectivity index (χ4v) is 2.55. The van der Waals surface area contributed by atoms with Gasteiger partial charge in [-0.25, -0.2) is 9.97 Å². The van der Waals surface area contributed by atoms with Crippen LogP contribution in [0.25, 0.3) is 0 Å². The first kappa shape index (κ1) is 13.6. The molecular weight excluding hydrogens is 248 g/mol. The number of piperidine rings is 1. The number of hydrogen-bond acceptors (Lipinski definition) is 4.